The first-order valence-corrected chi connectivity index (χ1v) is 11.7. The number of aliphatic carboxylic acids is 1. The van der Waals surface area contributed by atoms with Crippen LogP contribution in [0.3, 0.4) is 0 Å². The van der Waals surface area contributed by atoms with Crippen molar-refractivity contribution in [2.45, 2.75) is 39.4 Å². The van der Waals surface area contributed by atoms with Crippen LogP contribution in [0.25, 0.3) is 6.08 Å². The van der Waals surface area contributed by atoms with E-state index in [1.54, 1.807) is 0 Å². The monoisotopic (exact) mass is 471 g/mol. The van der Waals surface area contributed by atoms with E-state index in [1.807, 2.05) is 50.2 Å². The molecule has 0 bridgehead atoms. The minimum absolute atomic E-state index is 0.0683. The number of benzene rings is 2. The summed E-state index contributed by atoms with van der Waals surface area (Å²) in [5, 5.41) is 9.73. The Labute approximate surface area is 199 Å². The molecule has 2 aliphatic rings. The standard InChI is InChI=1S/C26H30ClNO5/c1-17(2)33-24-6-3-18(12-23(24)27)15-31-22-5-4-21-11-19(16-32-25(21)13-22)14-28-9-7-20(8-10-28)26(29)30/h3-6,11-13,17,20H,7-10,14-16H2,1-2H3,(H,29,30). The van der Waals surface area contributed by atoms with Crippen LogP contribution < -0.4 is 14.2 Å². The van der Waals surface area contributed by atoms with Gasteiger partial charge in [0.2, 0.25) is 0 Å². The molecule has 0 aliphatic carbocycles. The SMILES string of the molecule is CC(C)Oc1ccc(COc2ccc3c(c2)OCC(CN2CCC(C(=O)O)CC2)=C3)cc1Cl. The zero-order valence-electron chi connectivity index (χ0n) is 19.1. The van der Waals surface area contributed by atoms with Crippen molar-refractivity contribution in [1.82, 2.24) is 4.90 Å². The summed E-state index contributed by atoms with van der Waals surface area (Å²) in [4.78, 5) is 13.4. The highest BCUT2D eigenvalue weighted by molar-refractivity contribution is 6.32. The van der Waals surface area contributed by atoms with Gasteiger partial charge in [-0.1, -0.05) is 17.7 Å². The molecule has 0 spiro atoms. The third-order valence-electron chi connectivity index (χ3n) is 5.89. The number of likely N-dealkylation sites (tertiary alicyclic amines) is 1. The van der Waals surface area contributed by atoms with Crippen molar-refractivity contribution in [3.63, 3.8) is 0 Å². The molecule has 176 valence electrons. The van der Waals surface area contributed by atoms with E-state index < -0.39 is 5.97 Å². The first kappa shape index (κ1) is 23.5. The number of carbonyl (C=O) groups is 1. The largest absolute Gasteiger partial charge is 0.489 e. The average molecular weight is 472 g/mol. The van der Waals surface area contributed by atoms with E-state index >= 15 is 0 Å². The van der Waals surface area contributed by atoms with E-state index in [1.165, 1.54) is 5.57 Å². The maximum atomic E-state index is 11.1. The highest BCUT2D eigenvalue weighted by Gasteiger charge is 2.25. The van der Waals surface area contributed by atoms with Crippen LogP contribution in [0, 0.1) is 5.92 Å². The molecule has 0 aromatic heterocycles. The zero-order chi connectivity index (χ0) is 23.4. The van der Waals surface area contributed by atoms with Gasteiger partial charge in [-0.25, -0.2) is 0 Å². The van der Waals surface area contributed by atoms with Crippen LogP contribution in [0.2, 0.25) is 5.02 Å². The Morgan fingerprint density at radius 1 is 1.21 bits per heavy atom. The molecule has 0 amide bonds. The Bertz CT molecular complexity index is 1030. The van der Waals surface area contributed by atoms with Crippen molar-refractivity contribution in [3.8, 4) is 17.2 Å². The Hall–Kier alpha value is -2.70. The van der Waals surface area contributed by atoms with Crippen LogP contribution >= 0.6 is 11.6 Å². The molecule has 0 radical (unpaired) electrons. The number of rotatable bonds is 8. The Morgan fingerprint density at radius 3 is 2.70 bits per heavy atom. The molecule has 7 heteroatoms. The molecule has 33 heavy (non-hydrogen) atoms. The van der Waals surface area contributed by atoms with E-state index in [9.17, 15) is 4.79 Å². The molecule has 2 aliphatic heterocycles. The second-order valence-electron chi connectivity index (χ2n) is 8.90. The Kier molecular flexibility index (Phi) is 7.46. The van der Waals surface area contributed by atoms with Gasteiger partial charge in [-0.3, -0.25) is 9.69 Å². The van der Waals surface area contributed by atoms with Crippen molar-refractivity contribution < 1.29 is 24.1 Å². The minimum atomic E-state index is -0.679. The fraction of sp³-hybridized carbons (Fsp3) is 0.423. The minimum Gasteiger partial charge on any atom is -0.489 e. The fourth-order valence-electron chi connectivity index (χ4n) is 4.15. The van der Waals surface area contributed by atoms with Gasteiger partial charge in [0, 0.05) is 18.2 Å². The van der Waals surface area contributed by atoms with Gasteiger partial charge in [-0.05, 0) is 81.3 Å². The van der Waals surface area contributed by atoms with Crippen molar-refractivity contribution in [1.29, 1.82) is 0 Å². The van der Waals surface area contributed by atoms with Crippen LogP contribution in [0.15, 0.2) is 42.0 Å². The smallest absolute Gasteiger partial charge is 0.306 e. The first-order chi connectivity index (χ1) is 15.9. The lowest BCUT2D eigenvalue weighted by Gasteiger charge is -2.31. The quantitative estimate of drug-likeness (QED) is 0.565. The molecule has 4 rings (SSSR count). The predicted octanol–water partition coefficient (Wildman–Crippen LogP) is 5.28. The van der Waals surface area contributed by atoms with E-state index in [4.69, 9.17) is 30.9 Å². The summed E-state index contributed by atoms with van der Waals surface area (Å²) in [5.74, 6) is 1.33. The number of nitrogens with zero attached hydrogens (tertiary/aromatic N) is 1. The van der Waals surface area contributed by atoms with Crippen LogP contribution in [0.4, 0.5) is 0 Å². The highest BCUT2D eigenvalue weighted by atomic mass is 35.5. The first-order valence-electron chi connectivity index (χ1n) is 11.4. The van der Waals surface area contributed by atoms with Gasteiger partial charge in [0.1, 0.15) is 30.5 Å². The van der Waals surface area contributed by atoms with Gasteiger partial charge in [-0.2, -0.15) is 0 Å². The third kappa shape index (κ3) is 6.21. The molecule has 0 atom stereocenters. The van der Waals surface area contributed by atoms with Crippen molar-refractivity contribution in [2.24, 2.45) is 5.92 Å². The molecule has 2 heterocycles. The summed E-state index contributed by atoms with van der Waals surface area (Å²) < 4.78 is 17.6. The maximum Gasteiger partial charge on any atom is 0.306 e. The number of ether oxygens (including phenoxy) is 3. The lowest BCUT2D eigenvalue weighted by Crippen LogP contribution is -2.38. The zero-order valence-corrected chi connectivity index (χ0v) is 19.8. The molecule has 2 aromatic rings. The molecule has 2 aromatic carbocycles. The number of piperidine rings is 1. The Morgan fingerprint density at radius 2 is 2.00 bits per heavy atom. The summed E-state index contributed by atoms with van der Waals surface area (Å²) >= 11 is 6.32. The van der Waals surface area contributed by atoms with E-state index in [0.717, 1.165) is 42.3 Å². The topological polar surface area (TPSA) is 68.2 Å². The highest BCUT2D eigenvalue weighted by Crippen LogP contribution is 2.32. The van der Waals surface area contributed by atoms with Gasteiger partial charge in [-0.15, -0.1) is 0 Å². The molecule has 0 unspecified atom stereocenters. The summed E-state index contributed by atoms with van der Waals surface area (Å²) in [6.07, 6.45) is 3.65. The fourth-order valence-corrected chi connectivity index (χ4v) is 4.40. The van der Waals surface area contributed by atoms with E-state index in [2.05, 4.69) is 11.0 Å². The lowest BCUT2D eigenvalue weighted by atomic mass is 9.96. The number of carboxylic acid groups (broad SMARTS) is 1. The molecule has 6 nitrogen and oxygen atoms in total. The lowest BCUT2D eigenvalue weighted by molar-refractivity contribution is -0.143. The van der Waals surface area contributed by atoms with Gasteiger partial charge >= 0.3 is 5.97 Å². The summed E-state index contributed by atoms with van der Waals surface area (Å²) in [7, 11) is 0. The van der Waals surface area contributed by atoms with Crippen LogP contribution in [0.1, 0.15) is 37.8 Å². The number of hydrogen-bond acceptors (Lipinski definition) is 5. The molecule has 1 saturated heterocycles. The number of hydrogen-bond donors (Lipinski definition) is 1. The van der Waals surface area contributed by atoms with Crippen LogP contribution in [0.5, 0.6) is 17.2 Å². The number of carboxylic acids is 1. The second-order valence-corrected chi connectivity index (χ2v) is 9.31. The average Bonchev–Trinajstić information content (AvgIpc) is 2.79. The molecular weight excluding hydrogens is 442 g/mol. The Balaban J connectivity index is 1.33. The van der Waals surface area contributed by atoms with Gasteiger partial charge in [0.05, 0.1) is 17.0 Å². The van der Waals surface area contributed by atoms with Gasteiger partial charge < -0.3 is 19.3 Å². The third-order valence-corrected chi connectivity index (χ3v) is 6.18. The molecule has 1 N–H and O–H groups in total. The molecular formula is C26H30ClNO5. The van der Waals surface area contributed by atoms with E-state index in [0.29, 0.717) is 36.8 Å². The predicted molar refractivity (Wildman–Crippen MR) is 128 cm³/mol. The van der Waals surface area contributed by atoms with Gasteiger partial charge in [0.25, 0.3) is 0 Å². The number of halogens is 1. The summed E-state index contributed by atoms with van der Waals surface area (Å²) in [5.41, 5.74) is 3.19. The van der Waals surface area contributed by atoms with Crippen molar-refractivity contribution >= 4 is 23.6 Å². The van der Waals surface area contributed by atoms with Crippen molar-refractivity contribution in [3.05, 3.63) is 58.1 Å². The number of fused-ring (bicyclic) bond motifs is 1. The summed E-state index contributed by atoms with van der Waals surface area (Å²) in [6, 6.07) is 11.5. The summed E-state index contributed by atoms with van der Waals surface area (Å²) in [6.45, 7) is 7.28. The van der Waals surface area contributed by atoms with Crippen molar-refractivity contribution in [2.75, 3.05) is 26.2 Å². The van der Waals surface area contributed by atoms with Crippen LogP contribution in [-0.4, -0.2) is 48.3 Å². The molecule has 0 saturated carbocycles. The van der Waals surface area contributed by atoms with Gasteiger partial charge in [0.15, 0.2) is 0 Å². The van der Waals surface area contributed by atoms with Crippen LogP contribution in [-0.2, 0) is 11.4 Å². The molecule has 1 fully saturated rings. The second kappa shape index (κ2) is 10.5. The maximum absolute atomic E-state index is 11.1. The normalized spacial score (nSPS) is 16.7. The van der Waals surface area contributed by atoms with E-state index in [-0.39, 0.29) is 12.0 Å².